The van der Waals surface area contributed by atoms with E-state index >= 15 is 0 Å². The zero-order valence-corrected chi connectivity index (χ0v) is 8.86. The predicted octanol–water partition coefficient (Wildman–Crippen LogP) is 1.40. The van der Waals surface area contributed by atoms with Crippen molar-refractivity contribution in [2.75, 3.05) is 6.54 Å². The van der Waals surface area contributed by atoms with Crippen LogP contribution < -0.4 is 5.32 Å². The fourth-order valence-corrected chi connectivity index (χ4v) is 1.09. The molecule has 15 heavy (non-hydrogen) atoms. The quantitative estimate of drug-likeness (QED) is 0.737. The topological polar surface area (TPSA) is 62.5 Å². The summed E-state index contributed by atoms with van der Waals surface area (Å²) in [5.41, 5.74) is 0.917. The molecule has 2 N–H and O–H groups in total. The Balaban J connectivity index is 2.38. The first kappa shape index (κ1) is 11.5. The van der Waals surface area contributed by atoms with E-state index in [-0.39, 0.29) is 12.5 Å². The van der Waals surface area contributed by atoms with Crippen molar-refractivity contribution >= 4 is 5.91 Å². The summed E-state index contributed by atoms with van der Waals surface area (Å²) >= 11 is 0. The Bertz CT molecular complexity index is 337. The number of nitrogens with one attached hydrogen (secondary N) is 1. The zero-order valence-electron chi connectivity index (χ0n) is 8.86. The second kappa shape index (κ2) is 5.36. The van der Waals surface area contributed by atoms with Crippen molar-refractivity contribution in [3.05, 3.63) is 35.8 Å². The third kappa shape index (κ3) is 3.99. The van der Waals surface area contributed by atoms with Crippen LogP contribution in [0, 0.1) is 0 Å². The number of amides is 1. The highest BCUT2D eigenvalue weighted by Gasteiger charge is 2.10. The lowest BCUT2D eigenvalue weighted by molar-refractivity contribution is -0.117. The Labute approximate surface area is 88.6 Å². The number of carbonyl (C=O) groups is 1. The van der Waals surface area contributed by atoms with E-state index in [0.29, 0.717) is 5.76 Å². The van der Waals surface area contributed by atoms with E-state index in [1.54, 1.807) is 12.1 Å². The highest BCUT2D eigenvalue weighted by Crippen LogP contribution is 2.11. The van der Waals surface area contributed by atoms with Gasteiger partial charge in [-0.2, -0.15) is 0 Å². The smallest absolute Gasteiger partial charge is 0.244 e. The maximum Gasteiger partial charge on any atom is 0.244 e. The van der Waals surface area contributed by atoms with Crippen LogP contribution in [0.3, 0.4) is 0 Å². The minimum atomic E-state index is -0.797. The van der Waals surface area contributed by atoms with Crippen molar-refractivity contribution in [1.82, 2.24) is 5.32 Å². The first-order chi connectivity index (χ1) is 7.09. The molecule has 0 saturated carbocycles. The lowest BCUT2D eigenvalue weighted by Gasteiger charge is -2.07. The molecule has 0 aliphatic carbocycles. The number of hydrogen-bond donors (Lipinski definition) is 2. The molecular formula is C11H15NO3. The summed E-state index contributed by atoms with van der Waals surface area (Å²) < 4.78 is 4.99. The van der Waals surface area contributed by atoms with Crippen LogP contribution in [0.5, 0.6) is 0 Å². The van der Waals surface area contributed by atoms with Crippen molar-refractivity contribution in [3.8, 4) is 0 Å². The molecule has 0 spiro atoms. The Morgan fingerprint density at radius 3 is 2.93 bits per heavy atom. The lowest BCUT2D eigenvalue weighted by atomic mass is 10.2. The Hall–Kier alpha value is -1.55. The fourth-order valence-electron chi connectivity index (χ4n) is 1.09. The van der Waals surface area contributed by atoms with E-state index in [1.165, 1.54) is 12.3 Å². The van der Waals surface area contributed by atoms with Gasteiger partial charge >= 0.3 is 0 Å². The van der Waals surface area contributed by atoms with Gasteiger partial charge in [0.15, 0.2) is 0 Å². The highest BCUT2D eigenvalue weighted by atomic mass is 16.4. The van der Waals surface area contributed by atoms with Crippen LogP contribution in [-0.4, -0.2) is 17.6 Å². The van der Waals surface area contributed by atoms with Gasteiger partial charge in [-0.05, 0) is 26.0 Å². The number of hydrogen-bond acceptors (Lipinski definition) is 3. The monoisotopic (exact) mass is 209 g/mol. The van der Waals surface area contributed by atoms with E-state index in [2.05, 4.69) is 5.32 Å². The molecule has 82 valence electrons. The maximum atomic E-state index is 11.2. The molecule has 4 nitrogen and oxygen atoms in total. The molecule has 1 rings (SSSR count). The van der Waals surface area contributed by atoms with E-state index in [4.69, 9.17) is 4.42 Å². The molecule has 1 amide bonds. The van der Waals surface area contributed by atoms with Crippen molar-refractivity contribution in [2.24, 2.45) is 0 Å². The summed E-state index contributed by atoms with van der Waals surface area (Å²) in [6.07, 6.45) is 2.17. The highest BCUT2D eigenvalue weighted by molar-refractivity contribution is 5.88. The Morgan fingerprint density at radius 1 is 1.67 bits per heavy atom. The number of allylic oxidation sites excluding steroid dienone is 1. The van der Waals surface area contributed by atoms with Crippen molar-refractivity contribution in [1.29, 1.82) is 0 Å². The van der Waals surface area contributed by atoms with Gasteiger partial charge in [0.05, 0.1) is 12.8 Å². The predicted molar refractivity (Wildman–Crippen MR) is 56.1 cm³/mol. The van der Waals surface area contributed by atoms with E-state index in [0.717, 1.165) is 5.57 Å². The van der Waals surface area contributed by atoms with Gasteiger partial charge in [0.1, 0.15) is 11.9 Å². The second-order valence-electron chi connectivity index (χ2n) is 3.50. The minimum absolute atomic E-state index is 0.149. The van der Waals surface area contributed by atoms with Crippen LogP contribution in [0.1, 0.15) is 25.7 Å². The fraction of sp³-hybridized carbons (Fsp3) is 0.364. The number of aliphatic hydroxyl groups excluding tert-OH is 1. The molecule has 0 aliphatic rings. The first-order valence-corrected chi connectivity index (χ1v) is 4.74. The van der Waals surface area contributed by atoms with Crippen molar-refractivity contribution in [2.45, 2.75) is 20.0 Å². The molecule has 0 radical (unpaired) electrons. The van der Waals surface area contributed by atoms with Gasteiger partial charge in [0, 0.05) is 6.08 Å². The summed E-state index contributed by atoms with van der Waals surface area (Å²) in [6.45, 7) is 3.82. The third-order valence-corrected chi connectivity index (χ3v) is 1.76. The van der Waals surface area contributed by atoms with Crippen LogP contribution in [0.2, 0.25) is 0 Å². The van der Waals surface area contributed by atoms with Gasteiger partial charge in [0.2, 0.25) is 5.91 Å². The van der Waals surface area contributed by atoms with Gasteiger partial charge in [0.25, 0.3) is 0 Å². The van der Waals surface area contributed by atoms with Gasteiger partial charge in [-0.1, -0.05) is 5.57 Å². The standard InChI is InChI=1S/C11H15NO3/c1-8(2)6-11(14)12-7-9(13)10-4-3-5-15-10/h3-6,9,13H,7H2,1-2H3,(H,12,14). The largest absolute Gasteiger partial charge is 0.467 e. The van der Waals surface area contributed by atoms with Crippen LogP contribution in [0.4, 0.5) is 0 Å². The molecule has 1 atom stereocenters. The van der Waals surface area contributed by atoms with E-state index in [1.807, 2.05) is 13.8 Å². The lowest BCUT2D eigenvalue weighted by Crippen LogP contribution is -2.26. The van der Waals surface area contributed by atoms with Gasteiger partial charge in [-0.15, -0.1) is 0 Å². The summed E-state index contributed by atoms with van der Waals surface area (Å²) in [4.78, 5) is 11.2. The molecule has 0 saturated heterocycles. The van der Waals surface area contributed by atoms with Crippen molar-refractivity contribution in [3.63, 3.8) is 0 Å². The second-order valence-corrected chi connectivity index (χ2v) is 3.50. The van der Waals surface area contributed by atoms with Gasteiger partial charge in [-0.3, -0.25) is 4.79 Å². The van der Waals surface area contributed by atoms with Crippen LogP contribution >= 0.6 is 0 Å². The maximum absolute atomic E-state index is 11.2. The molecule has 1 heterocycles. The molecule has 4 heteroatoms. The SMILES string of the molecule is CC(C)=CC(=O)NCC(O)c1ccco1. The Morgan fingerprint density at radius 2 is 2.40 bits per heavy atom. The Kier molecular flexibility index (Phi) is 4.12. The number of carbonyl (C=O) groups excluding carboxylic acids is 1. The number of rotatable bonds is 4. The average Bonchev–Trinajstić information content (AvgIpc) is 2.65. The first-order valence-electron chi connectivity index (χ1n) is 4.74. The van der Waals surface area contributed by atoms with Crippen LogP contribution in [0.25, 0.3) is 0 Å². The van der Waals surface area contributed by atoms with E-state index < -0.39 is 6.10 Å². The van der Waals surface area contributed by atoms with E-state index in [9.17, 15) is 9.90 Å². The summed E-state index contributed by atoms with van der Waals surface area (Å²) in [6, 6.07) is 3.36. The van der Waals surface area contributed by atoms with Crippen molar-refractivity contribution < 1.29 is 14.3 Å². The average molecular weight is 209 g/mol. The molecule has 1 aromatic rings. The molecule has 0 aromatic carbocycles. The van der Waals surface area contributed by atoms with Crippen LogP contribution in [0.15, 0.2) is 34.5 Å². The van der Waals surface area contributed by atoms with Gasteiger partial charge in [-0.25, -0.2) is 0 Å². The normalized spacial score (nSPS) is 11.9. The number of aliphatic hydroxyl groups is 1. The summed E-state index contributed by atoms with van der Waals surface area (Å²) in [5.74, 6) is 0.244. The zero-order chi connectivity index (χ0) is 11.3. The molecule has 0 aliphatic heterocycles. The molecule has 0 fully saturated rings. The molecule has 0 bridgehead atoms. The summed E-state index contributed by atoms with van der Waals surface area (Å²) in [7, 11) is 0. The summed E-state index contributed by atoms with van der Waals surface area (Å²) in [5, 5.41) is 12.1. The molecular weight excluding hydrogens is 194 g/mol. The van der Waals surface area contributed by atoms with Gasteiger partial charge < -0.3 is 14.8 Å². The molecule has 1 unspecified atom stereocenters. The minimum Gasteiger partial charge on any atom is -0.467 e. The van der Waals surface area contributed by atoms with Crippen LogP contribution in [-0.2, 0) is 4.79 Å². The number of furan rings is 1. The molecule has 1 aromatic heterocycles. The third-order valence-electron chi connectivity index (χ3n) is 1.76.